The molecule has 0 saturated carbocycles. The molecule has 1 aliphatic rings. The van der Waals surface area contributed by atoms with Crippen LogP contribution in [0.3, 0.4) is 0 Å². The molecule has 3 rings (SSSR count). The van der Waals surface area contributed by atoms with Gasteiger partial charge in [0, 0.05) is 6.61 Å². The summed E-state index contributed by atoms with van der Waals surface area (Å²) in [6, 6.07) is 4.94. The van der Waals surface area contributed by atoms with E-state index in [2.05, 4.69) is 4.98 Å². The molecule has 1 aliphatic heterocycles. The number of ether oxygens (including phenoxy) is 1. The monoisotopic (exact) mass is 280 g/mol. The maximum Gasteiger partial charge on any atom is 0.335 e. The van der Waals surface area contributed by atoms with Crippen LogP contribution in [-0.2, 0) is 17.2 Å². The Labute approximate surface area is 114 Å². The van der Waals surface area contributed by atoms with Gasteiger partial charge in [-0.15, -0.1) is 11.6 Å². The van der Waals surface area contributed by atoms with Crippen molar-refractivity contribution in [2.75, 3.05) is 6.61 Å². The molecular formula is C13H13ClN2O3. The number of fused-ring (bicyclic) bond motifs is 1. The lowest BCUT2D eigenvalue weighted by molar-refractivity contribution is -0.0589. The maximum absolute atomic E-state index is 11.0. The zero-order chi connectivity index (χ0) is 13.4. The predicted octanol–water partition coefficient (Wildman–Crippen LogP) is 2.26. The quantitative estimate of drug-likeness (QED) is 0.873. The standard InChI is InChI=1S/C13H13ClN2O3/c14-6-12-15-10-5-8(13(17)18)1-2-11(10)16(12)7-9-3-4-19-9/h1-2,5,9H,3-4,6-7H2,(H,17,18)/t9-/m0/s1. The van der Waals surface area contributed by atoms with Crippen LogP contribution in [0, 0.1) is 0 Å². The van der Waals surface area contributed by atoms with E-state index in [9.17, 15) is 4.79 Å². The van der Waals surface area contributed by atoms with Crippen LogP contribution in [0.2, 0.25) is 0 Å². The van der Waals surface area contributed by atoms with Crippen LogP contribution in [0.4, 0.5) is 0 Å². The van der Waals surface area contributed by atoms with Crippen molar-refractivity contribution in [3.05, 3.63) is 29.6 Å². The maximum atomic E-state index is 11.0. The zero-order valence-electron chi connectivity index (χ0n) is 10.2. The van der Waals surface area contributed by atoms with Crippen LogP contribution < -0.4 is 0 Å². The SMILES string of the molecule is O=C(O)c1ccc2c(c1)nc(CCl)n2C[C@@H]1CCO1. The number of hydrogen-bond donors (Lipinski definition) is 1. The molecule has 1 aromatic heterocycles. The van der Waals surface area contributed by atoms with Crippen LogP contribution in [0.5, 0.6) is 0 Å². The molecule has 2 heterocycles. The first-order chi connectivity index (χ1) is 9.19. The fourth-order valence-corrected chi connectivity index (χ4v) is 2.45. The number of carboxylic acid groups (broad SMARTS) is 1. The number of nitrogens with zero attached hydrogens (tertiary/aromatic N) is 2. The minimum Gasteiger partial charge on any atom is -0.478 e. The lowest BCUT2D eigenvalue weighted by Gasteiger charge is -2.27. The van der Waals surface area contributed by atoms with Gasteiger partial charge in [-0.1, -0.05) is 0 Å². The Bertz CT molecular complexity index is 634. The van der Waals surface area contributed by atoms with Gasteiger partial charge in [0.25, 0.3) is 0 Å². The summed E-state index contributed by atoms with van der Waals surface area (Å²) in [5, 5.41) is 8.99. The highest BCUT2D eigenvalue weighted by atomic mass is 35.5. The van der Waals surface area contributed by atoms with Crippen molar-refractivity contribution in [2.45, 2.75) is 24.9 Å². The van der Waals surface area contributed by atoms with Gasteiger partial charge in [-0.3, -0.25) is 0 Å². The Morgan fingerprint density at radius 3 is 2.95 bits per heavy atom. The molecule has 1 aromatic carbocycles. The van der Waals surface area contributed by atoms with Crippen molar-refractivity contribution in [2.24, 2.45) is 0 Å². The minimum atomic E-state index is -0.953. The van der Waals surface area contributed by atoms with E-state index < -0.39 is 5.97 Å². The number of rotatable bonds is 4. The number of halogens is 1. The minimum absolute atomic E-state index is 0.207. The smallest absolute Gasteiger partial charge is 0.335 e. The van der Waals surface area contributed by atoms with Gasteiger partial charge in [0.1, 0.15) is 5.82 Å². The van der Waals surface area contributed by atoms with Crippen molar-refractivity contribution >= 4 is 28.6 Å². The van der Waals surface area contributed by atoms with Crippen molar-refractivity contribution in [1.29, 1.82) is 0 Å². The number of benzene rings is 1. The van der Waals surface area contributed by atoms with E-state index in [0.717, 1.165) is 24.4 Å². The van der Waals surface area contributed by atoms with Gasteiger partial charge >= 0.3 is 5.97 Å². The zero-order valence-corrected chi connectivity index (χ0v) is 10.9. The number of hydrogen-bond acceptors (Lipinski definition) is 3. The predicted molar refractivity (Wildman–Crippen MR) is 70.6 cm³/mol. The van der Waals surface area contributed by atoms with Gasteiger partial charge in [0.2, 0.25) is 0 Å². The van der Waals surface area contributed by atoms with E-state index in [-0.39, 0.29) is 11.7 Å². The Balaban J connectivity index is 2.05. The number of aromatic carboxylic acids is 1. The first-order valence-corrected chi connectivity index (χ1v) is 6.62. The summed E-state index contributed by atoms with van der Waals surface area (Å²) < 4.78 is 7.44. The lowest BCUT2D eigenvalue weighted by Crippen LogP contribution is -2.31. The third-order valence-electron chi connectivity index (χ3n) is 3.37. The fraction of sp³-hybridized carbons (Fsp3) is 0.385. The molecule has 1 fully saturated rings. The Morgan fingerprint density at radius 2 is 2.37 bits per heavy atom. The molecule has 6 heteroatoms. The second-order valence-electron chi connectivity index (χ2n) is 4.56. The summed E-state index contributed by atoms with van der Waals surface area (Å²) in [6.45, 7) is 1.52. The van der Waals surface area contributed by atoms with E-state index >= 15 is 0 Å². The van der Waals surface area contributed by atoms with Crippen LogP contribution in [0.15, 0.2) is 18.2 Å². The van der Waals surface area contributed by atoms with Gasteiger partial charge in [-0.05, 0) is 24.6 Å². The second-order valence-corrected chi connectivity index (χ2v) is 4.83. The topological polar surface area (TPSA) is 64.3 Å². The number of imidazole rings is 1. The van der Waals surface area contributed by atoms with Crippen molar-refractivity contribution in [3.63, 3.8) is 0 Å². The van der Waals surface area contributed by atoms with E-state index in [0.29, 0.717) is 17.9 Å². The van der Waals surface area contributed by atoms with Crippen LogP contribution in [-0.4, -0.2) is 33.3 Å². The second kappa shape index (κ2) is 4.83. The average Bonchev–Trinajstić information content (AvgIpc) is 2.70. The highest BCUT2D eigenvalue weighted by molar-refractivity contribution is 6.16. The lowest BCUT2D eigenvalue weighted by atomic mass is 10.1. The third kappa shape index (κ3) is 2.19. The third-order valence-corrected chi connectivity index (χ3v) is 3.61. The molecule has 1 atom stereocenters. The van der Waals surface area contributed by atoms with E-state index in [1.807, 2.05) is 4.57 Å². The van der Waals surface area contributed by atoms with E-state index in [1.54, 1.807) is 18.2 Å². The van der Waals surface area contributed by atoms with Crippen LogP contribution in [0.1, 0.15) is 22.6 Å². The molecule has 5 nitrogen and oxygen atoms in total. The molecule has 1 N–H and O–H groups in total. The number of aromatic nitrogens is 2. The fourth-order valence-electron chi connectivity index (χ4n) is 2.25. The molecule has 0 aliphatic carbocycles. The summed E-state index contributed by atoms with van der Waals surface area (Å²) in [7, 11) is 0. The molecule has 100 valence electrons. The first kappa shape index (κ1) is 12.4. The van der Waals surface area contributed by atoms with Gasteiger partial charge in [-0.2, -0.15) is 0 Å². The van der Waals surface area contributed by atoms with Crippen molar-refractivity contribution in [3.8, 4) is 0 Å². The molecule has 1 saturated heterocycles. The highest BCUT2D eigenvalue weighted by Gasteiger charge is 2.21. The summed E-state index contributed by atoms with van der Waals surface area (Å²) in [6.07, 6.45) is 1.24. The molecule has 0 spiro atoms. The largest absolute Gasteiger partial charge is 0.478 e. The summed E-state index contributed by atoms with van der Waals surface area (Å²) in [4.78, 5) is 15.4. The Morgan fingerprint density at radius 1 is 1.58 bits per heavy atom. The first-order valence-electron chi connectivity index (χ1n) is 6.09. The van der Waals surface area contributed by atoms with Gasteiger partial charge in [0.05, 0.1) is 35.1 Å². The van der Waals surface area contributed by atoms with Crippen LogP contribution >= 0.6 is 11.6 Å². The Hall–Kier alpha value is -1.59. The molecule has 0 bridgehead atoms. The molecule has 0 unspecified atom stereocenters. The van der Waals surface area contributed by atoms with Gasteiger partial charge in [0.15, 0.2) is 0 Å². The van der Waals surface area contributed by atoms with Crippen molar-refractivity contribution < 1.29 is 14.6 Å². The molecule has 0 radical (unpaired) electrons. The summed E-state index contributed by atoms with van der Waals surface area (Å²) >= 11 is 5.91. The molecule has 0 amide bonds. The van der Waals surface area contributed by atoms with Crippen molar-refractivity contribution in [1.82, 2.24) is 9.55 Å². The molecule has 2 aromatic rings. The molecule has 19 heavy (non-hydrogen) atoms. The Kier molecular flexibility index (Phi) is 3.16. The molecular weight excluding hydrogens is 268 g/mol. The van der Waals surface area contributed by atoms with Gasteiger partial charge in [-0.25, -0.2) is 9.78 Å². The highest BCUT2D eigenvalue weighted by Crippen LogP contribution is 2.22. The number of alkyl halides is 1. The number of carbonyl (C=O) groups is 1. The normalized spacial score (nSPS) is 18.5. The summed E-state index contributed by atoms with van der Waals surface area (Å²) in [5.41, 5.74) is 1.80. The van der Waals surface area contributed by atoms with Gasteiger partial charge < -0.3 is 14.4 Å². The van der Waals surface area contributed by atoms with Crippen LogP contribution in [0.25, 0.3) is 11.0 Å². The number of carboxylic acids is 1. The van der Waals surface area contributed by atoms with E-state index in [1.165, 1.54) is 0 Å². The van der Waals surface area contributed by atoms with E-state index in [4.69, 9.17) is 21.4 Å². The average molecular weight is 281 g/mol. The summed E-state index contributed by atoms with van der Waals surface area (Å²) in [5.74, 6) is 0.0879.